The van der Waals surface area contributed by atoms with Crippen LogP contribution in [0.5, 0.6) is 0 Å². The summed E-state index contributed by atoms with van der Waals surface area (Å²) in [5.74, 6) is -0.399. The van der Waals surface area contributed by atoms with Crippen molar-refractivity contribution in [3.05, 3.63) is 34.9 Å². The number of nitrogens with zero attached hydrogens (tertiary/aromatic N) is 1. The molecule has 1 aliphatic heterocycles. The number of rotatable bonds is 1. The lowest BCUT2D eigenvalue weighted by Gasteiger charge is -2.40. The van der Waals surface area contributed by atoms with Crippen LogP contribution in [-0.4, -0.2) is 34.3 Å². The number of carbonyl (C=O) groups excluding carboxylic acids is 1. The first-order valence-electron chi connectivity index (χ1n) is 6.52. The molecule has 108 valence electrons. The number of hydrogen-bond acceptors (Lipinski definition) is 3. The number of fused-ring (bicyclic) bond motifs is 1. The molecule has 2 rings (SSSR count). The highest BCUT2D eigenvalue weighted by Crippen LogP contribution is 2.38. The van der Waals surface area contributed by atoms with Gasteiger partial charge in [0, 0.05) is 11.1 Å². The summed E-state index contributed by atoms with van der Waals surface area (Å²) in [6.45, 7) is 6.60. The predicted molar refractivity (Wildman–Crippen MR) is 73.2 cm³/mol. The van der Waals surface area contributed by atoms with E-state index in [0.29, 0.717) is 18.7 Å². The van der Waals surface area contributed by atoms with Crippen LogP contribution in [0.1, 0.15) is 42.3 Å². The molecular weight excluding hydrogens is 258 g/mol. The van der Waals surface area contributed by atoms with Crippen LogP contribution in [0.15, 0.2) is 18.2 Å². The molecule has 0 aromatic heterocycles. The van der Waals surface area contributed by atoms with Crippen molar-refractivity contribution in [1.82, 2.24) is 0 Å². The first kappa shape index (κ1) is 14.5. The fourth-order valence-corrected chi connectivity index (χ4v) is 2.71. The quantitative estimate of drug-likeness (QED) is 0.633. The van der Waals surface area contributed by atoms with Crippen molar-refractivity contribution in [3.63, 3.8) is 0 Å². The highest BCUT2D eigenvalue weighted by Gasteiger charge is 2.52. The zero-order chi connectivity index (χ0) is 15.1. The molecule has 0 saturated heterocycles. The van der Waals surface area contributed by atoms with Gasteiger partial charge in [0.2, 0.25) is 0 Å². The molecule has 1 amide bonds. The predicted octanol–water partition coefficient (Wildman–Crippen LogP) is 2.78. The first-order chi connectivity index (χ1) is 9.21. The third kappa shape index (κ3) is 2.08. The Labute approximate surface area is 118 Å². The zero-order valence-corrected chi connectivity index (χ0v) is 12.3. The maximum Gasteiger partial charge on any atom is 0.514 e. The Balaban J connectivity index is 2.44. The van der Waals surface area contributed by atoms with Crippen LogP contribution in [0.25, 0.3) is 0 Å². The van der Waals surface area contributed by atoms with Crippen molar-refractivity contribution < 1.29 is 23.9 Å². The van der Waals surface area contributed by atoms with Crippen molar-refractivity contribution in [1.29, 1.82) is 0 Å². The normalized spacial score (nSPS) is 21.4. The van der Waals surface area contributed by atoms with Crippen molar-refractivity contribution in [2.75, 3.05) is 7.11 Å². The first-order valence-corrected chi connectivity index (χ1v) is 6.52. The number of quaternary nitrogens is 1. The molecule has 1 aromatic carbocycles. The number of carbonyl (C=O) groups is 2. The van der Waals surface area contributed by atoms with E-state index < -0.39 is 17.6 Å². The minimum Gasteiger partial charge on any atom is -0.465 e. The fourth-order valence-electron chi connectivity index (χ4n) is 2.71. The molecule has 1 atom stereocenters. The van der Waals surface area contributed by atoms with E-state index in [4.69, 9.17) is 4.74 Å². The van der Waals surface area contributed by atoms with Crippen LogP contribution in [0.3, 0.4) is 0 Å². The summed E-state index contributed by atoms with van der Waals surface area (Å²) < 4.78 is 4.65. The Morgan fingerprint density at radius 3 is 2.30 bits per heavy atom. The number of ether oxygens (including phenoxy) is 1. The second-order valence-corrected chi connectivity index (χ2v) is 6.21. The molecule has 5 nitrogen and oxygen atoms in total. The summed E-state index contributed by atoms with van der Waals surface area (Å²) >= 11 is 0. The Hall–Kier alpha value is -1.88. The Morgan fingerprint density at radius 1 is 1.20 bits per heavy atom. The highest BCUT2D eigenvalue weighted by atomic mass is 16.5. The fraction of sp³-hybridized carbons (Fsp3) is 0.467. The molecule has 1 N–H and O–H groups in total. The van der Waals surface area contributed by atoms with Crippen LogP contribution in [0, 0.1) is 0 Å². The van der Waals surface area contributed by atoms with Gasteiger partial charge < -0.3 is 9.84 Å². The molecule has 1 aromatic rings. The minimum absolute atomic E-state index is 0.0487. The third-order valence-corrected chi connectivity index (χ3v) is 4.16. The van der Waals surface area contributed by atoms with Gasteiger partial charge in [0.15, 0.2) is 0 Å². The molecule has 1 aliphatic rings. The van der Waals surface area contributed by atoms with E-state index >= 15 is 0 Å². The van der Waals surface area contributed by atoms with Gasteiger partial charge in [-0.05, 0) is 32.9 Å². The third-order valence-electron chi connectivity index (χ3n) is 4.16. The summed E-state index contributed by atoms with van der Waals surface area (Å²) in [4.78, 5) is 23.4. The molecule has 1 heterocycles. The summed E-state index contributed by atoms with van der Waals surface area (Å²) in [6.07, 6.45) is -0.840. The van der Waals surface area contributed by atoms with Crippen molar-refractivity contribution in [2.45, 2.75) is 39.4 Å². The van der Waals surface area contributed by atoms with Gasteiger partial charge in [-0.3, -0.25) is 0 Å². The average molecular weight is 278 g/mol. The van der Waals surface area contributed by atoms with Crippen LogP contribution in [0.2, 0.25) is 0 Å². The number of esters is 1. The molecule has 0 spiro atoms. The Bertz CT molecular complexity index is 574. The molecular formula is C15H20NO4+. The summed E-state index contributed by atoms with van der Waals surface area (Å²) in [5, 5.41) is 9.68. The standard InChI is InChI=1S/C15H19NO4/c1-15(2,3)16(14(18)19)8-11-6-5-10(13(17)20-4)7-12(11)9-16/h5-7H,8-9H2,1-4H3/p+1. The van der Waals surface area contributed by atoms with Gasteiger partial charge in [-0.25, -0.2) is 9.28 Å². The molecule has 0 fully saturated rings. The lowest BCUT2D eigenvalue weighted by molar-refractivity contribution is -0.922. The molecule has 20 heavy (non-hydrogen) atoms. The number of carboxylic acid groups (broad SMARTS) is 1. The van der Waals surface area contributed by atoms with E-state index in [2.05, 4.69) is 0 Å². The zero-order valence-electron chi connectivity index (χ0n) is 12.3. The van der Waals surface area contributed by atoms with Gasteiger partial charge in [-0.1, -0.05) is 6.07 Å². The van der Waals surface area contributed by atoms with E-state index in [9.17, 15) is 14.7 Å². The number of methoxy groups -OCH3 is 1. The second-order valence-electron chi connectivity index (χ2n) is 6.21. The smallest absolute Gasteiger partial charge is 0.465 e. The second kappa shape index (κ2) is 4.59. The summed E-state index contributed by atoms with van der Waals surface area (Å²) in [5.41, 5.74) is 1.93. The number of hydrogen-bond donors (Lipinski definition) is 1. The monoisotopic (exact) mass is 278 g/mol. The van der Waals surface area contributed by atoms with E-state index in [1.165, 1.54) is 7.11 Å². The van der Waals surface area contributed by atoms with Crippen LogP contribution >= 0.6 is 0 Å². The molecule has 5 heteroatoms. The van der Waals surface area contributed by atoms with Gasteiger partial charge in [-0.15, -0.1) is 0 Å². The van der Waals surface area contributed by atoms with Gasteiger partial charge in [0.25, 0.3) is 0 Å². The molecule has 0 saturated carbocycles. The molecule has 1 unspecified atom stereocenters. The lowest BCUT2D eigenvalue weighted by Crippen LogP contribution is -2.59. The highest BCUT2D eigenvalue weighted by molar-refractivity contribution is 5.89. The van der Waals surface area contributed by atoms with Crippen molar-refractivity contribution >= 4 is 12.1 Å². The number of amides is 1. The maximum absolute atomic E-state index is 11.8. The Kier molecular flexibility index (Phi) is 3.34. The van der Waals surface area contributed by atoms with E-state index in [0.717, 1.165) is 11.1 Å². The van der Waals surface area contributed by atoms with E-state index in [1.807, 2.05) is 26.8 Å². The lowest BCUT2D eigenvalue weighted by atomic mass is 10.0. The number of benzene rings is 1. The van der Waals surface area contributed by atoms with E-state index in [-0.39, 0.29) is 4.48 Å². The molecule has 0 aliphatic carbocycles. The summed E-state index contributed by atoms with van der Waals surface area (Å²) in [7, 11) is 1.34. The van der Waals surface area contributed by atoms with Crippen LogP contribution in [0.4, 0.5) is 4.79 Å². The Morgan fingerprint density at radius 2 is 1.80 bits per heavy atom. The van der Waals surface area contributed by atoms with Gasteiger partial charge in [0.05, 0.1) is 12.7 Å². The van der Waals surface area contributed by atoms with Gasteiger partial charge in [-0.2, -0.15) is 4.79 Å². The van der Waals surface area contributed by atoms with Crippen molar-refractivity contribution in [2.24, 2.45) is 0 Å². The topological polar surface area (TPSA) is 63.6 Å². The van der Waals surface area contributed by atoms with Crippen LogP contribution < -0.4 is 0 Å². The van der Waals surface area contributed by atoms with Gasteiger partial charge in [0.1, 0.15) is 18.6 Å². The maximum atomic E-state index is 11.8. The van der Waals surface area contributed by atoms with Crippen LogP contribution in [-0.2, 0) is 17.8 Å². The SMILES string of the molecule is COC(=O)c1ccc2c(c1)C[N+](C(=O)O)(C(C)(C)C)C2. The minimum atomic E-state index is -0.840. The average Bonchev–Trinajstić information content (AvgIpc) is 2.76. The largest absolute Gasteiger partial charge is 0.514 e. The summed E-state index contributed by atoms with van der Waals surface area (Å²) in [6, 6.07) is 5.27. The van der Waals surface area contributed by atoms with Gasteiger partial charge >= 0.3 is 12.1 Å². The van der Waals surface area contributed by atoms with E-state index in [1.54, 1.807) is 12.1 Å². The molecule has 0 radical (unpaired) electrons. The molecule has 0 bridgehead atoms. The van der Waals surface area contributed by atoms with Crippen molar-refractivity contribution in [3.8, 4) is 0 Å².